The summed E-state index contributed by atoms with van der Waals surface area (Å²) in [5.74, 6) is 0. The summed E-state index contributed by atoms with van der Waals surface area (Å²) in [6.07, 6.45) is 11.1. The van der Waals surface area contributed by atoms with Crippen LogP contribution in [-0.4, -0.2) is 25.0 Å². The SMILES string of the molecule is CCC=CCN(C)CCCCCC. The summed E-state index contributed by atoms with van der Waals surface area (Å²) in [4.78, 5) is 2.39. The second kappa shape index (κ2) is 9.79. The highest BCUT2D eigenvalue weighted by Crippen LogP contribution is 1.99. The van der Waals surface area contributed by atoms with Gasteiger partial charge in [0.15, 0.2) is 0 Å². The Bertz CT molecular complexity index is 118. The van der Waals surface area contributed by atoms with E-state index in [4.69, 9.17) is 0 Å². The number of rotatable bonds is 8. The highest BCUT2D eigenvalue weighted by Gasteiger charge is 1.94. The van der Waals surface area contributed by atoms with Gasteiger partial charge in [-0.3, -0.25) is 0 Å². The molecule has 78 valence electrons. The molecule has 0 aromatic rings. The van der Waals surface area contributed by atoms with Crippen LogP contribution in [0.25, 0.3) is 0 Å². The summed E-state index contributed by atoms with van der Waals surface area (Å²) in [5, 5.41) is 0. The Hall–Kier alpha value is -0.300. The summed E-state index contributed by atoms with van der Waals surface area (Å²) < 4.78 is 0. The lowest BCUT2D eigenvalue weighted by atomic mass is 10.2. The molecule has 0 saturated heterocycles. The molecule has 0 amide bonds. The normalized spacial score (nSPS) is 11.7. The number of nitrogens with zero attached hydrogens (tertiary/aromatic N) is 1. The fourth-order valence-electron chi connectivity index (χ4n) is 1.32. The molecule has 0 unspecified atom stereocenters. The summed E-state index contributed by atoms with van der Waals surface area (Å²) in [5.41, 5.74) is 0. The Labute approximate surface area is 83.8 Å². The quantitative estimate of drug-likeness (QED) is 0.411. The van der Waals surface area contributed by atoms with Gasteiger partial charge in [0, 0.05) is 6.54 Å². The van der Waals surface area contributed by atoms with Gasteiger partial charge in [0.2, 0.25) is 0 Å². The van der Waals surface area contributed by atoms with Gasteiger partial charge >= 0.3 is 0 Å². The Balaban J connectivity index is 3.19. The maximum atomic E-state index is 2.39. The Kier molecular flexibility index (Phi) is 9.56. The molecule has 0 aliphatic heterocycles. The minimum atomic E-state index is 1.11. The molecule has 0 N–H and O–H groups in total. The summed E-state index contributed by atoms with van der Waals surface area (Å²) in [6.45, 7) is 6.79. The van der Waals surface area contributed by atoms with Crippen LogP contribution < -0.4 is 0 Å². The lowest BCUT2D eigenvalue weighted by Crippen LogP contribution is -2.19. The van der Waals surface area contributed by atoms with Crippen molar-refractivity contribution in [2.24, 2.45) is 0 Å². The minimum absolute atomic E-state index is 1.11. The molecule has 0 fully saturated rings. The van der Waals surface area contributed by atoms with Crippen molar-refractivity contribution in [3.8, 4) is 0 Å². The largest absolute Gasteiger partial charge is 0.303 e. The van der Waals surface area contributed by atoms with E-state index in [1.807, 2.05) is 0 Å². The van der Waals surface area contributed by atoms with Crippen LogP contribution in [0.1, 0.15) is 46.0 Å². The third kappa shape index (κ3) is 9.62. The first-order valence-electron chi connectivity index (χ1n) is 5.64. The number of hydrogen-bond donors (Lipinski definition) is 0. The van der Waals surface area contributed by atoms with E-state index in [0.29, 0.717) is 0 Å². The maximum absolute atomic E-state index is 2.39. The topological polar surface area (TPSA) is 3.24 Å². The first-order chi connectivity index (χ1) is 6.31. The zero-order chi connectivity index (χ0) is 9.94. The number of unbranched alkanes of at least 4 members (excludes halogenated alkanes) is 3. The predicted octanol–water partition coefficient (Wildman–Crippen LogP) is 3.46. The molecular formula is C12H25N. The Morgan fingerprint density at radius 2 is 1.77 bits per heavy atom. The van der Waals surface area contributed by atoms with Crippen LogP contribution in [0.2, 0.25) is 0 Å². The number of likely N-dealkylation sites (N-methyl/N-ethyl adjacent to an activating group) is 1. The molecule has 0 aliphatic rings. The van der Waals surface area contributed by atoms with Crippen molar-refractivity contribution in [3.63, 3.8) is 0 Å². The van der Waals surface area contributed by atoms with Crippen LogP contribution in [-0.2, 0) is 0 Å². The van der Waals surface area contributed by atoms with E-state index in [1.165, 1.54) is 32.2 Å². The van der Waals surface area contributed by atoms with Crippen LogP contribution in [0, 0.1) is 0 Å². The highest BCUT2D eigenvalue weighted by molar-refractivity contribution is 4.82. The van der Waals surface area contributed by atoms with Crippen molar-refractivity contribution in [2.75, 3.05) is 20.1 Å². The molecule has 0 heterocycles. The molecule has 0 spiro atoms. The first-order valence-corrected chi connectivity index (χ1v) is 5.64. The molecule has 1 nitrogen and oxygen atoms in total. The monoisotopic (exact) mass is 183 g/mol. The molecular weight excluding hydrogens is 158 g/mol. The van der Waals surface area contributed by atoms with E-state index < -0.39 is 0 Å². The van der Waals surface area contributed by atoms with E-state index in [0.717, 1.165) is 13.0 Å². The zero-order valence-corrected chi connectivity index (χ0v) is 9.55. The fraction of sp³-hybridized carbons (Fsp3) is 0.833. The summed E-state index contributed by atoms with van der Waals surface area (Å²) in [6, 6.07) is 0. The standard InChI is InChI=1S/C12H25N/c1-4-6-8-10-12-13(3)11-9-7-5-2/h7,9H,4-6,8,10-12H2,1-3H3. The lowest BCUT2D eigenvalue weighted by Gasteiger charge is -2.13. The summed E-state index contributed by atoms with van der Waals surface area (Å²) >= 11 is 0. The zero-order valence-electron chi connectivity index (χ0n) is 9.55. The van der Waals surface area contributed by atoms with E-state index >= 15 is 0 Å². The van der Waals surface area contributed by atoms with Gasteiger partial charge in [-0.25, -0.2) is 0 Å². The number of hydrogen-bond acceptors (Lipinski definition) is 1. The van der Waals surface area contributed by atoms with Gasteiger partial charge in [-0.1, -0.05) is 45.3 Å². The van der Waals surface area contributed by atoms with Crippen LogP contribution >= 0.6 is 0 Å². The second-order valence-electron chi connectivity index (χ2n) is 3.70. The smallest absolute Gasteiger partial charge is 0.0160 e. The molecule has 1 heteroatoms. The third-order valence-corrected chi connectivity index (χ3v) is 2.21. The first kappa shape index (κ1) is 12.7. The van der Waals surface area contributed by atoms with Crippen molar-refractivity contribution in [3.05, 3.63) is 12.2 Å². The van der Waals surface area contributed by atoms with Crippen molar-refractivity contribution in [1.29, 1.82) is 0 Å². The van der Waals surface area contributed by atoms with Gasteiger partial charge < -0.3 is 4.90 Å². The lowest BCUT2D eigenvalue weighted by molar-refractivity contribution is 0.357. The average molecular weight is 183 g/mol. The summed E-state index contributed by atoms with van der Waals surface area (Å²) in [7, 11) is 2.20. The van der Waals surface area contributed by atoms with Crippen LogP contribution in [0.5, 0.6) is 0 Å². The maximum Gasteiger partial charge on any atom is 0.0160 e. The Morgan fingerprint density at radius 1 is 1.00 bits per heavy atom. The van der Waals surface area contributed by atoms with Gasteiger partial charge in [0.25, 0.3) is 0 Å². The van der Waals surface area contributed by atoms with Crippen molar-refractivity contribution >= 4 is 0 Å². The van der Waals surface area contributed by atoms with Gasteiger partial charge in [0.1, 0.15) is 0 Å². The molecule has 0 rings (SSSR count). The molecule has 0 radical (unpaired) electrons. The van der Waals surface area contributed by atoms with E-state index in [1.54, 1.807) is 0 Å². The molecule has 0 aromatic carbocycles. The van der Waals surface area contributed by atoms with Gasteiger partial charge in [-0.05, 0) is 26.4 Å². The van der Waals surface area contributed by atoms with Crippen LogP contribution in [0.3, 0.4) is 0 Å². The Morgan fingerprint density at radius 3 is 2.38 bits per heavy atom. The molecule has 0 saturated carbocycles. The van der Waals surface area contributed by atoms with Crippen LogP contribution in [0.15, 0.2) is 12.2 Å². The fourth-order valence-corrected chi connectivity index (χ4v) is 1.32. The molecule has 0 aliphatic carbocycles. The molecule has 13 heavy (non-hydrogen) atoms. The molecule has 0 atom stereocenters. The van der Waals surface area contributed by atoms with Gasteiger partial charge in [-0.2, -0.15) is 0 Å². The predicted molar refractivity (Wildman–Crippen MR) is 61.1 cm³/mol. The van der Waals surface area contributed by atoms with Crippen molar-refractivity contribution < 1.29 is 0 Å². The average Bonchev–Trinajstić information content (AvgIpc) is 2.13. The minimum Gasteiger partial charge on any atom is -0.303 e. The molecule has 0 aromatic heterocycles. The second-order valence-corrected chi connectivity index (χ2v) is 3.70. The van der Waals surface area contributed by atoms with E-state index in [2.05, 4.69) is 37.9 Å². The third-order valence-electron chi connectivity index (χ3n) is 2.21. The van der Waals surface area contributed by atoms with Crippen LogP contribution in [0.4, 0.5) is 0 Å². The van der Waals surface area contributed by atoms with Gasteiger partial charge in [0.05, 0.1) is 0 Å². The van der Waals surface area contributed by atoms with E-state index in [9.17, 15) is 0 Å². The van der Waals surface area contributed by atoms with Crippen molar-refractivity contribution in [2.45, 2.75) is 46.0 Å². The van der Waals surface area contributed by atoms with Crippen molar-refractivity contribution in [1.82, 2.24) is 4.90 Å². The van der Waals surface area contributed by atoms with E-state index in [-0.39, 0.29) is 0 Å². The highest BCUT2D eigenvalue weighted by atomic mass is 15.1. The van der Waals surface area contributed by atoms with Gasteiger partial charge in [-0.15, -0.1) is 0 Å². The molecule has 0 bridgehead atoms. The number of allylic oxidation sites excluding steroid dienone is 1.